The van der Waals surface area contributed by atoms with Crippen molar-refractivity contribution in [3.05, 3.63) is 29.7 Å². The summed E-state index contributed by atoms with van der Waals surface area (Å²) in [5.74, 6) is 0.886. The number of nitrogens with one attached hydrogen (secondary N) is 1. The van der Waals surface area contributed by atoms with Crippen LogP contribution in [0.15, 0.2) is 18.3 Å². The normalized spacial score (nSPS) is 10.6. The summed E-state index contributed by atoms with van der Waals surface area (Å²) in [7, 11) is 3.85. The third-order valence-electron chi connectivity index (χ3n) is 2.26. The molecule has 0 saturated carbocycles. The first-order valence-corrected chi connectivity index (χ1v) is 4.88. The van der Waals surface area contributed by atoms with Crippen molar-refractivity contribution in [1.82, 2.24) is 19.6 Å². The maximum absolute atomic E-state index is 4.28. The summed E-state index contributed by atoms with van der Waals surface area (Å²) in [4.78, 5) is 0. The quantitative estimate of drug-likeness (QED) is 0.815. The van der Waals surface area contributed by atoms with Crippen LogP contribution in [0.5, 0.6) is 0 Å². The molecule has 80 valence electrons. The molecule has 5 nitrogen and oxygen atoms in total. The number of nitrogens with zero attached hydrogens (tertiary/aromatic N) is 4. The van der Waals surface area contributed by atoms with Gasteiger partial charge in [-0.2, -0.15) is 10.2 Å². The molecule has 0 atom stereocenters. The Labute approximate surface area is 88.7 Å². The fourth-order valence-corrected chi connectivity index (χ4v) is 1.52. The van der Waals surface area contributed by atoms with Crippen LogP contribution in [-0.4, -0.2) is 19.6 Å². The number of anilines is 1. The second-order valence-electron chi connectivity index (χ2n) is 3.63. The van der Waals surface area contributed by atoms with Crippen LogP contribution >= 0.6 is 0 Å². The highest BCUT2D eigenvalue weighted by Crippen LogP contribution is 2.06. The Kier molecular flexibility index (Phi) is 2.45. The maximum Gasteiger partial charge on any atom is 0.148 e. The molecule has 0 spiro atoms. The molecule has 1 N–H and O–H groups in total. The zero-order valence-corrected chi connectivity index (χ0v) is 9.23. The first-order chi connectivity index (χ1) is 7.15. The third kappa shape index (κ3) is 2.18. The van der Waals surface area contributed by atoms with E-state index in [1.54, 1.807) is 4.68 Å². The smallest absolute Gasteiger partial charge is 0.148 e. The van der Waals surface area contributed by atoms with E-state index in [4.69, 9.17) is 0 Å². The average Bonchev–Trinajstić information content (AvgIpc) is 2.70. The van der Waals surface area contributed by atoms with Crippen molar-refractivity contribution in [3.63, 3.8) is 0 Å². The molecule has 2 aromatic heterocycles. The predicted octanol–water partition coefficient (Wildman–Crippen LogP) is 1.07. The summed E-state index contributed by atoms with van der Waals surface area (Å²) in [6.07, 6.45) is 1.91. The minimum absolute atomic E-state index is 0.744. The Morgan fingerprint density at radius 3 is 2.67 bits per heavy atom. The van der Waals surface area contributed by atoms with Crippen molar-refractivity contribution in [2.75, 3.05) is 5.32 Å². The van der Waals surface area contributed by atoms with Crippen LogP contribution in [0, 0.1) is 6.92 Å². The minimum Gasteiger partial charge on any atom is -0.363 e. The van der Waals surface area contributed by atoms with Gasteiger partial charge in [0, 0.05) is 26.4 Å². The Balaban J connectivity index is 2.01. The number of rotatable bonds is 3. The summed E-state index contributed by atoms with van der Waals surface area (Å²) in [5, 5.41) is 11.8. The molecule has 0 aliphatic carbocycles. The molecule has 0 amide bonds. The Morgan fingerprint density at radius 2 is 2.13 bits per heavy atom. The van der Waals surface area contributed by atoms with Crippen LogP contribution in [0.25, 0.3) is 0 Å². The zero-order chi connectivity index (χ0) is 10.8. The highest BCUT2D eigenvalue weighted by atomic mass is 15.3. The number of hydrogen-bond acceptors (Lipinski definition) is 3. The van der Waals surface area contributed by atoms with Gasteiger partial charge in [-0.3, -0.25) is 9.36 Å². The van der Waals surface area contributed by atoms with Gasteiger partial charge in [-0.25, -0.2) is 0 Å². The van der Waals surface area contributed by atoms with Crippen molar-refractivity contribution >= 4 is 5.82 Å². The van der Waals surface area contributed by atoms with Crippen LogP contribution in [-0.2, 0) is 20.6 Å². The molecule has 0 aliphatic rings. The van der Waals surface area contributed by atoms with Gasteiger partial charge in [-0.1, -0.05) is 0 Å². The predicted molar refractivity (Wildman–Crippen MR) is 58.5 cm³/mol. The van der Waals surface area contributed by atoms with Gasteiger partial charge in [0.1, 0.15) is 5.82 Å². The van der Waals surface area contributed by atoms with Crippen LogP contribution < -0.4 is 5.32 Å². The lowest BCUT2D eigenvalue weighted by Crippen LogP contribution is -2.06. The fraction of sp³-hybridized carbons (Fsp3) is 0.400. The van der Waals surface area contributed by atoms with Gasteiger partial charge in [0.25, 0.3) is 0 Å². The van der Waals surface area contributed by atoms with E-state index in [9.17, 15) is 0 Å². The van der Waals surface area contributed by atoms with Crippen molar-refractivity contribution in [3.8, 4) is 0 Å². The number of aromatic nitrogens is 4. The topological polar surface area (TPSA) is 47.7 Å². The fourth-order valence-electron chi connectivity index (χ4n) is 1.52. The van der Waals surface area contributed by atoms with E-state index < -0.39 is 0 Å². The van der Waals surface area contributed by atoms with Crippen molar-refractivity contribution < 1.29 is 0 Å². The van der Waals surface area contributed by atoms with Crippen molar-refractivity contribution in [1.29, 1.82) is 0 Å². The third-order valence-corrected chi connectivity index (χ3v) is 2.26. The zero-order valence-electron chi connectivity index (χ0n) is 9.23. The molecule has 15 heavy (non-hydrogen) atoms. The van der Waals surface area contributed by atoms with Crippen molar-refractivity contribution in [2.45, 2.75) is 13.5 Å². The molecule has 0 aromatic carbocycles. The van der Waals surface area contributed by atoms with Crippen LogP contribution in [0.1, 0.15) is 11.4 Å². The second-order valence-corrected chi connectivity index (χ2v) is 3.63. The summed E-state index contributed by atoms with van der Waals surface area (Å²) < 4.78 is 3.65. The average molecular weight is 205 g/mol. The van der Waals surface area contributed by atoms with E-state index in [0.717, 1.165) is 23.8 Å². The van der Waals surface area contributed by atoms with Gasteiger partial charge < -0.3 is 5.32 Å². The summed E-state index contributed by atoms with van der Waals surface area (Å²) >= 11 is 0. The van der Waals surface area contributed by atoms with Gasteiger partial charge in [-0.15, -0.1) is 0 Å². The van der Waals surface area contributed by atoms with E-state index in [-0.39, 0.29) is 0 Å². The van der Waals surface area contributed by atoms with Gasteiger partial charge in [0.05, 0.1) is 17.9 Å². The molecule has 5 heteroatoms. The number of aryl methyl sites for hydroxylation is 3. The molecule has 0 radical (unpaired) electrons. The van der Waals surface area contributed by atoms with E-state index in [0.29, 0.717) is 0 Å². The molecule has 0 unspecified atom stereocenters. The van der Waals surface area contributed by atoms with Crippen molar-refractivity contribution in [2.24, 2.45) is 14.1 Å². The first kappa shape index (κ1) is 9.76. The molecule has 0 saturated heterocycles. The van der Waals surface area contributed by atoms with Crippen LogP contribution in [0.3, 0.4) is 0 Å². The van der Waals surface area contributed by atoms with E-state index in [1.807, 2.05) is 38.0 Å². The Morgan fingerprint density at radius 1 is 1.33 bits per heavy atom. The van der Waals surface area contributed by atoms with Crippen LogP contribution in [0.4, 0.5) is 5.82 Å². The highest BCUT2D eigenvalue weighted by Gasteiger charge is 2.02. The summed E-state index contributed by atoms with van der Waals surface area (Å²) in [6, 6.07) is 4.01. The molecule has 0 aliphatic heterocycles. The molecular formula is C10H15N5. The Bertz CT molecular complexity index is 454. The molecule has 2 rings (SSSR count). The van der Waals surface area contributed by atoms with E-state index >= 15 is 0 Å². The largest absolute Gasteiger partial charge is 0.363 e. The first-order valence-electron chi connectivity index (χ1n) is 4.88. The molecule has 2 aromatic rings. The minimum atomic E-state index is 0.744. The molecular weight excluding hydrogens is 190 g/mol. The SMILES string of the molecule is Cc1cc(CNc2ccn(C)n2)n(C)n1. The lowest BCUT2D eigenvalue weighted by atomic mass is 10.3. The lowest BCUT2D eigenvalue weighted by Gasteiger charge is -2.02. The molecule has 2 heterocycles. The molecule has 0 bridgehead atoms. The van der Waals surface area contributed by atoms with E-state index in [2.05, 4.69) is 21.6 Å². The Hall–Kier alpha value is -1.78. The maximum atomic E-state index is 4.28. The standard InChI is InChI=1S/C10H15N5/c1-8-6-9(15(3)12-8)7-11-10-4-5-14(2)13-10/h4-6H,7H2,1-3H3,(H,11,13). The highest BCUT2D eigenvalue weighted by molar-refractivity contribution is 5.32. The van der Waals surface area contributed by atoms with Crippen LogP contribution in [0.2, 0.25) is 0 Å². The lowest BCUT2D eigenvalue weighted by molar-refractivity contribution is 0.710. The van der Waals surface area contributed by atoms with Gasteiger partial charge >= 0.3 is 0 Å². The molecule has 0 fully saturated rings. The van der Waals surface area contributed by atoms with Gasteiger partial charge in [0.2, 0.25) is 0 Å². The summed E-state index contributed by atoms with van der Waals surface area (Å²) in [5.41, 5.74) is 2.19. The van der Waals surface area contributed by atoms with Gasteiger partial charge in [-0.05, 0) is 13.0 Å². The second kappa shape index (κ2) is 3.76. The number of hydrogen-bond donors (Lipinski definition) is 1. The monoisotopic (exact) mass is 205 g/mol. The van der Waals surface area contributed by atoms with Gasteiger partial charge in [0.15, 0.2) is 0 Å². The summed E-state index contributed by atoms with van der Waals surface area (Å²) in [6.45, 7) is 2.73. The van der Waals surface area contributed by atoms with E-state index in [1.165, 1.54) is 0 Å².